The third kappa shape index (κ3) is 3.83. The summed E-state index contributed by atoms with van der Waals surface area (Å²) < 4.78 is 72.2. The average molecular weight is 467 g/mol. The maximum Gasteiger partial charge on any atom is 0.416 e. The topological polar surface area (TPSA) is 99.9 Å². The van der Waals surface area contributed by atoms with Crippen molar-refractivity contribution >= 4 is 9.84 Å². The van der Waals surface area contributed by atoms with Crippen molar-refractivity contribution in [1.29, 1.82) is 0 Å². The van der Waals surface area contributed by atoms with Crippen molar-refractivity contribution in [2.24, 2.45) is 7.05 Å². The van der Waals surface area contributed by atoms with E-state index in [1.807, 2.05) is 13.8 Å². The van der Waals surface area contributed by atoms with Crippen molar-refractivity contribution in [3.8, 4) is 28.8 Å². The molecule has 0 fully saturated rings. The molecule has 3 aromatic heterocycles. The minimum absolute atomic E-state index is 0.0461. The van der Waals surface area contributed by atoms with Crippen molar-refractivity contribution in [2.75, 3.05) is 5.75 Å². The van der Waals surface area contributed by atoms with Crippen molar-refractivity contribution in [2.45, 2.75) is 43.9 Å². The molecule has 0 N–H and O–H groups in total. The van der Waals surface area contributed by atoms with E-state index in [2.05, 4.69) is 20.2 Å². The summed E-state index contributed by atoms with van der Waals surface area (Å²) in [6.07, 6.45) is -3.05. The Morgan fingerprint density at radius 2 is 1.88 bits per heavy atom. The predicted octanol–water partition coefficient (Wildman–Crippen LogP) is 3.47. The van der Waals surface area contributed by atoms with Gasteiger partial charge in [-0.15, -0.1) is 10.2 Å². The first-order valence-electron chi connectivity index (χ1n) is 9.71. The minimum Gasteiger partial charge on any atom is -0.485 e. The predicted molar refractivity (Wildman–Crippen MR) is 109 cm³/mol. The number of alkyl halides is 3. The second kappa shape index (κ2) is 7.26. The molecule has 32 heavy (non-hydrogen) atoms. The van der Waals surface area contributed by atoms with Crippen LogP contribution in [0.2, 0.25) is 0 Å². The summed E-state index contributed by atoms with van der Waals surface area (Å²) in [5.41, 5.74) is -0.835. The van der Waals surface area contributed by atoms with Gasteiger partial charge >= 0.3 is 6.18 Å². The summed E-state index contributed by atoms with van der Waals surface area (Å²) in [5.74, 6) is 0.347. The van der Waals surface area contributed by atoms with Crippen LogP contribution in [0.15, 0.2) is 29.3 Å². The first-order chi connectivity index (χ1) is 14.8. The van der Waals surface area contributed by atoms with Crippen LogP contribution in [-0.2, 0) is 29.5 Å². The molecule has 3 aromatic rings. The van der Waals surface area contributed by atoms with Crippen molar-refractivity contribution in [1.82, 2.24) is 24.7 Å². The zero-order chi connectivity index (χ0) is 23.5. The number of nitrogens with zero attached hydrogens (tertiary/aromatic N) is 5. The van der Waals surface area contributed by atoms with Crippen LogP contribution in [0.4, 0.5) is 13.2 Å². The van der Waals surface area contributed by atoms with Crippen molar-refractivity contribution < 1.29 is 26.3 Å². The van der Waals surface area contributed by atoms with Crippen LogP contribution < -0.4 is 4.74 Å². The third-order valence-electron chi connectivity index (χ3n) is 5.12. The SMILES string of the molecule is CCS(=O)(=O)c1cc2c(nc1-c1nnc(-c3cc(C(F)(F)F)ccn3)n1C)CC(C)(C)O2. The largest absolute Gasteiger partial charge is 0.485 e. The lowest BCUT2D eigenvalue weighted by atomic mass is 10.1. The molecule has 4 heterocycles. The first-order valence-corrected chi connectivity index (χ1v) is 11.4. The van der Waals surface area contributed by atoms with Crippen LogP contribution in [0.25, 0.3) is 23.0 Å². The quantitative estimate of drug-likeness (QED) is 0.579. The lowest BCUT2D eigenvalue weighted by Crippen LogP contribution is -2.24. The Morgan fingerprint density at radius 3 is 2.53 bits per heavy atom. The molecule has 12 heteroatoms. The minimum atomic E-state index is -4.55. The monoisotopic (exact) mass is 467 g/mol. The zero-order valence-electron chi connectivity index (χ0n) is 17.7. The summed E-state index contributed by atoms with van der Waals surface area (Å²) in [5, 5.41) is 8.02. The highest BCUT2D eigenvalue weighted by atomic mass is 32.2. The molecule has 0 unspecified atom stereocenters. The summed E-state index contributed by atoms with van der Waals surface area (Å²) in [7, 11) is -2.20. The highest BCUT2D eigenvalue weighted by Crippen LogP contribution is 2.39. The molecule has 1 aliphatic heterocycles. The molecule has 0 saturated heterocycles. The van der Waals surface area contributed by atoms with Crippen LogP contribution in [-0.4, -0.2) is 44.5 Å². The van der Waals surface area contributed by atoms with Gasteiger partial charge in [0, 0.05) is 25.7 Å². The van der Waals surface area contributed by atoms with Crippen LogP contribution in [0.1, 0.15) is 32.0 Å². The maximum absolute atomic E-state index is 13.1. The van der Waals surface area contributed by atoms with E-state index >= 15 is 0 Å². The van der Waals surface area contributed by atoms with Crippen molar-refractivity contribution in [3.05, 3.63) is 35.7 Å². The number of ether oxygens (including phenoxy) is 1. The van der Waals surface area contributed by atoms with Gasteiger partial charge in [0.1, 0.15) is 27.6 Å². The smallest absolute Gasteiger partial charge is 0.416 e. The molecule has 1 aliphatic rings. The van der Waals surface area contributed by atoms with E-state index in [1.54, 1.807) is 0 Å². The van der Waals surface area contributed by atoms with Crippen LogP contribution in [0.5, 0.6) is 5.75 Å². The number of halogens is 3. The standard InChI is InChI=1S/C20H20F3N5O3S/c1-5-32(29,30)15-9-14-13(10-19(2,3)31-14)25-16(15)18-27-26-17(28(18)4)12-8-11(6-7-24-12)20(21,22)23/h6-9H,5,10H2,1-4H3. The Bertz CT molecular complexity index is 1320. The van der Waals surface area contributed by atoms with E-state index in [0.717, 1.165) is 18.3 Å². The Morgan fingerprint density at radius 1 is 1.19 bits per heavy atom. The number of pyridine rings is 2. The first kappa shape index (κ1) is 22.2. The fourth-order valence-corrected chi connectivity index (χ4v) is 4.54. The van der Waals surface area contributed by atoms with Crippen LogP contribution in [0.3, 0.4) is 0 Å². The van der Waals surface area contributed by atoms with Gasteiger partial charge in [0.2, 0.25) is 0 Å². The number of aromatic nitrogens is 5. The van der Waals surface area contributed by atoms with Gasteiger partial charge in [-0.25, -0.2) is 13.4 Å². The highest BCUT2D eigenvalue weighted by molar-refractivity contribution is 7.91. The van der Waals surface area contributed by atoms with E-state index in [9.17, 15) is 21.6 Å². The Balaban J connectivity index is 1.89. The number of fused-ring (bicyclic) bond motifs is 1. The third-order valence-corrected chi connectivity index (χ3v) is 6.87. The van der Waals surface area contributed by atoms with Gasteiger partial charge in [-0.05, 0) is 26.0 Å². The van der Waals surface area contributed by atoms with E-state index in [-0.39, 0.29) is 33.7 Å². The molecule has 0 amide bonds. The molecule has 0 saturated carbocycles. The van der Waals surface area contributed by atoms with E-state index < -0.39 is 27.2 Å². The number of rotatable bonds is 4. The average Bonchev–Trinajstić information content (AvgIpc) is 3.23. The summed E-state index contributed by atoms with van der Waals surface area (Å²) in [6.45, 7) is 5.23. The van der Waals surface area contributed by atoms with Gasteiger partial charge in [0.25, 0.3) is 0 Å². The summed E-state index contributed by atoms with van der Waals surface area (Å²) >= 11 is 0. The zero-order valence-corrected chi connectivity index (χ0v) is 18.5. The number of hydrogen-bond acceptors (Lipinski definition) is 7. The van der Waals surface area contributed by atoms with E-state index in [4.69, 9.17) is 4.74 Å². The van der Waals surface area contributed by atoms with Gasteiger partial charge in [-0.3, -0.25) is 4.98 Å². The molecule has 4 rings (SSSR count). The molecule has 0 bridgehead atoms. The molecular weight excluding hydrogens is 447 g/mol. The Labute approximate surface area is 182 Å². The molecule has 0 atom stereocenters. The molecular formula is C20H20F3N5O3S. The van der Waals surface area contributed by atoms with Crippen molar-refractivity contribution in [3.63, 3.8) is 0 Å². The fourth-order valence-electron chi connectivity index (χ4n) is 3.51. The van der Waals surface area contributed by atoms with Gasteiger partial charge in [0.05, 0.1) is 17.0 Å². The maximum atomic E-state index is 13.1. The van der Waals surface area contributed by atoms with E-state index in [1.165, 1.54) is 24.6 Å². The molecule has 170 valence electrons. The Hall–Kier alpha value is -3.02. The molecule has 0 spiro atoms. The molecule has 8 nitrogen and oxygen atoms in total. The lowest BCUT2D eigenvalue weighted by Gasteiger charge is -2.16. The van der Waals surface area contributed by atoms with Gasteiger partial charge in [-0.1, -0.05) is 6.92 Å². The second-order valence-corrected chi connectivity index (χ2v) is 10.3. The fraction of sp³-hybridized carbons (Fsp3) is 0.400. The molecule has 0 radical (unpaired) electrons. The number of hydrogen-bond donors (Lipinski definition) is 0. The normalized spacial score (nSPS) is 15.5. The molecule has 0 aromatic carbocycles. The Kier molecular flexibility index (Phi) is 5.03. The van der Waals surface area contributed by atoms with Gasteiger partial charge in [-0.2, -0.15) is 13.2 Å². The van der Waals surface area contributed by atoms with E-state index in [0.29, 0.717) is 17.9 Å². The summed E-state index contributed by atoms with van der Waals surface area (Å²) in [4.78, 5) is 8.43. The lowest BCUT2D eigenvalue weighted by molar-refractivity contribution is -0.137. The highest BCUT2D eigenvalue weighted by Gasteiger charge is 2.35. The summed E-state index contributed by atoms with van der Waals surface area (Å²) in [6, 6.07) is 3.16. The molecule has 0 aliphatic carbocycles. The number of sulfone groups is 1. The van der Waals surface area contributed by atoms with Crippen LogP contribution in [0, 0.1) is 0 Å². The van der Waals surface area contributed by atoms with Gasteiger partial charge in [0.15, 0.2) is 21.5 Å². The second-order valence-electron chi connectivity index (χ2n) is 8.06. The van der Waals surface area contributed by atoms with Gasteiger partial charge < -0.3 is 9.30 Å². The van der Waals surface area contributed by atoms with Crippen LogP contribution >= 0.6 is 0 Å².